The van der Waals surface area contributed by atoms with Crippen LogP contribution in [0.3, 0.4) is 0 Å². The molecule has 2 saturated heterocycles. The zero-order chi connectivity index (χ0) is 18.9. The Labute approximate surface area is 158 Å². The standard InChI is InChI=1S/C19H26N4O4/c1-2-8-20-17(24)15-14-5-3-4-9-23(14)16(21-15)18(25)22-10-6-19(7-11-22)26-12-13-27-19/h2H,1,3-13H2,(H,20,24). The monoisotopic (exact) mass is 374 g/mol. The minimum absolute atomic E-state index is 0.117. The minimum Gasteiger partial charge on any atom is -0.347 e. The van der Waals surface area contributed by atoms with Gasteiger partial charge in [-0.25, -0.2) is 4.98 Å². The van der Waals surface area contributed by atoms with E-state index in [0.717, 1.165) is 31.5 Å². The summed E-state index contributed by atoms with van der Waals surface area (Å²) in [5.41, 5.74) is 1.23. The number of fused-ring (bicyclic) bond motifs is 1. The van der Waals surface area contributed by atoms with Crippen LogP contribution in [-0.2, 0) is 22.4 Å². The molecule has 0 radical (unpaired) electrons. The van der Waals surface area contributed by atoms with E-state index in [0.29, 0.717) is 57.2 Å². The third kappa shape index (κ3) is 3.39. The molecule has 2 amide bonds. The maximum Gasteiger partial charge on any atom is 0.289 e. The number of aromatic nitrogens is 2. The second-order valence-electron chi connectivity index (χ2n) is 7.24. The van der Waals surface area contributed by atoms with Crippen molar-refractivity contribution in [3.63, 3.8) is 0 Å². The van der Waals surface area contributed by atoms with E-state index in [1.807, 2.05) is 4.57 Å². The summed E-state index contributed by atoms with van der Waals surface area (Å²) in [7, 11) is 0. The highest BCUT2D eigenvalue weighted by Crippen LogP contribution is 2.32. The molecule has 3 aliphatic rings. The number of ether oxygens (including phenoxy) is 2. The summed E-state index contributed by atoms with van der Waals surface area (Å²) in [5.74, 6) is -0.505. The lowest BCUT2D eigenvalue weighted by Crippen LogP contribution is -2.47. The summed E-state index contributed by atoms with van der Waals surface area (Å²) in [6, 6.07) is 0. The molecular formula is C19H26N4O4. The van der Waals surface area contributed by atoms with E-state index in [-0.39, 0.29) is 11.8 Å². The Morgan fingerprint density at radius 2 is 1.93 bits per heavy atom. The van der Waals surface area contributed by atoms with Crippen molar-refractivity contribution in [1.29, 1.82) is 0 Å². The van der Waals surface area contributed by atoms with Crippen molar-refractivity contribution in [2.24, 2.45) is 0 Å². The molecular weight excluding hydrogens is 348 g/mol. The van der Waals surface area contributed by atoms with Gasteiger partial charge in [-0.3, -0.25) is 9.59 Å². The van der Waals surface area contributed by atoms with Crippen LogP contribution in [0.4, 0.5) is 0 Å². The number of rotatable bonds is 4. The fourth-order valence-electron chi connectivity index (χ4n) is 4.11. The Hall–Kier alpha value is -2.19. The van der Waals surface area contributed by atoms with Crippen LogP contribution in [0.1, 0.15) is 52.5 Å². The van der Waals surface area contributed by atoms with E-state index < -0.39 is 5.79 Å². The van der Waals surface area contributed by atoms with Crippen molar-refractivity contribution in [3.05, 3.63) is 29.9 Å². The summed E-state index contributed by atoms with van der Waals surface area (Å²) in [6.45, 7) is 7.09. The Bertz CT molecular complexity index is 741. The number of nitrogens with one attached hydrogen (secondary N) is 1. The third-order valence-electron chi connectivity index (χ3n) is 5.56. The zero-order valence-corrected chi connectivity index (χ0v) is 15.5. The Morgan fingerprint density at radius 1 is 1.19 bits per heavy atom. The average molecular weight is 374 g/mol. The molecule has 146 valence electrons. The van der Waals surface area contributed by atoms with Crippen LogP contribution < -0.4 is 5.32 Å². The Morgan fingerprint density at radius 3 is 2.63 bits per heavy atom. The molecule has 0 aliphatic carbocycles. The SMILES string of the molecule is C=CCNC(=O)c1nc(C(=O)N2CCC3(CC2)OCCO3)n2c1CCCC2. The van der Waals surface area contributed by atoms with Gasteiger partial charge in [-0.1, -0.05) is 6.08 Å². The number of hydrogen-bond acceptors (Lipinski definition) is 5. The molecule has 4 rings (SSSR count). The number of imidazole rings is 1. The Balaban J connectivity index is 1.54. The fraction of sp³-hybridized carbons (Fsp3) is 0.632. The predicted octanol–water partition coefficient (Wildman–Crippen LogP) is 1.11. The van der Waals surface area contributed by atoms with Crippen molar-refractivity contribution in [3.8, 4) is 0 Å². The molecule has 1 aromatic heterocycles. The number of likely N-dealkylation sites (tertiary alicyclic amines) is 1. The van der Waals surface area contributed by atoms with Crippen molar-refractivity contribution in [2.75, 3.05) is 32.8 Å². The van der Waals surface area contributed by atoms with Gasteiger partial charge in [0.2, 0.25) is 0 Å². The van der Waals surface area contributed by atoms with Crippen molar-refractivity contribution in [1.82, 2.24) is 19.8 Å². The molecule has 0 bridgehead atoms. The largest absolute Gasteiger partial charge is 0.347 e. The topological polar surface area (TPSA) is 85.7 Å². The number of amides is 2. The second kappa shape index (κ2) is 7.44. The van der Waals surface area contributed by atoms with Gasteiger partial charge in [-0.05, 0) is 19.3 Å². The highest BCUT2D eigenvalue weighted by molar-refractivity contribution is 5.97. The molecule has 4 heterocycles. The van der Waals surface area contributed by atoms with Crippen LogP contribution in [0.15, 0.2) is 12.7 Å². The molecule has 0 saturated carbocycles. The van der Waals surface area contributed by atoms with Gasteiger partial charge in [0.1, 0.15) is 5.69 Å². The van der Waals surface area contributed by atoms with Gasteiger partial charge in [0.15, 0.2) is 11.6 Å². The van der Waals surface area contributed by atoms with Gasteiger partial charge in [-0.2, -0.15) is 0 Å². The van der Waals surface area contributed by atoms with Crippen LogP contribution in [-0.4, -0.2) is 64.9 Å². The van der Waals surface area contributed by atoms with Crippen LogP contribution in [0, 0.1) is 0 Å². The maximum atomic E-state index is 13.1. The van der Waals surface area contributed by atoms with E-state index >= 15 is 0 Å². The molecule has 27 heavy (non-hydrogen) atoms. The smallest absolute Gasteiger partial charge is 0.289 e. The molecule has 0 unspecified atom stereocenters. The van der Waals surface area contributed by atoms with E-state index in [1.54, 1.807) is 11.0 Å². The quantitative estimate of drug-likeness (QED) is 0.798. The molecule has 1 N–H and O–H groups in total. The summed E-state index contributed by atoms with van der Waals surface area (Å²) in [4.78, 5) is 31.9. The van der Waals surface area contributed by atoms with Gasteiger partial charge < -0.3 is 24.3 Å². The lowest BCUT2D eigenvalue weighted by molar-refractivity contribution is -0.181. The van der Waals surface area contributed by atoms with Gasteiger partial charge in [-0.15, -0.1) is 6.58 Å². The average Bonchev–Trinajstić information content (AvgIpc) is 3.31. The van der Waals surface area contributed by atoms with E-state index in [4.69, 9.17) is 9.47 Å². The number of carbonyl (C=O) groups is 2. The van der Waals surface area contributed by atoms with Gasteiger partial charge in [0, 0.05) is 39.0 Å². The first-order chi connectivity index (χ1) is 13.1. The van der Waals surface area contributed by atoms with E-state index in [2.05, 4.69) is 16.9 Å². The lowest BCUT2D eigenvalue weighted by Gasteiger charge is -2.37. The molecule has 8 nitrogen and oxygen atoms in total. The number of hydrogen-bond donors (Lipinski definition) is 1. The third-order valence-corrected chi connectivity index (χ3v) is 5.56. The van der Waals surface area contributed by atoms with Gasteiger partial charge in [0.25, 0.3) is 11.8 Å². The van der Waals surface area contributed by atoms with Crippen molar-refractivity contribution >= 4 is 11.8 Å². The van der Waals surface area contributed by atoms with E-state index in [1.165, 1.54) is 0 Å². The van der Waals surface area contributed by atoms with Crippen LogP contribution in [0.25, 0.3) is 0 Å². The molecule has 0 atom stereocenters. The molecule has 3 aliphatic heterocycles. The first kappa shape index (κ1) is 18.2. The second-order valence-corrected chi connectivity index (χ2v) is 7.24. The zero-order valence-electron chi connectivity index (χ0n) is 15.5. The van der Waals surface area contributed by atoms with Gasteiger partial charge in [0.05, 0.1) is 18.9 Å². The molecule has 8 heteroatoms. The van der Waals surface area contributed by atoms with Crippen LogP contribution in [0.2, 0.25) is 0 Å². The predicted molar refractivity (Wildman–Crippen MR) is 97.5 cm³/mol. The van der Waals surface area contributed by atoms with Crippen LogP contribution in [0.5, 0.6) is 0 Å². The summed E-state index contributed by atoms with van der Waals surface area (Å²) >= 11 is 0. The minimum atomic E-state index is -0.515. The molecule has 2 fully saturated rings. The number of nitrogens with zero attached hydrogens (tertiary/aromatic N) is 3. The lowest BCUT2D eigenvalue weighted by atomic mass is 10.0. The number of carbonyl (C=O) groups excluding carboxylic acids is 2. The summed E-state index contributed by atoms with van der Waals surface area (Å²) in [6.07, 6.45) is 5.72. The highest BCUT2D eigenvalue weighted by Gasteiger charge is 2.41. The maximum absolute atomic E-state index is 13.1. The van der Waals surface area contributed by atoms with Gasteiger partial charge >= 0.3 is 0 Å². The number of piperidine rings is 1. The van der Waals surface area contributed by atoms with Crippen molar-refractivity contribution in [2.45, 2.75) is 44.4 Å². The first-order valence-corrected chi connectivity index (χ1v) is 9.69. The Kier molecular flexibility index (Phi) is 5.01. The summed E-state index contributed by atoms with van der Waals surface area (Å²) < 4.78 is 13.4. The van der Waals surface area contributed by atoms with Crippen molar-refractivity contribution < 1.29 is 19.1 Å². The van der Waals surface area contributed by atoms with E-state index in [9.17, 15) is 9.59 Å². The molecule has 1 aromatic rings. The first-order valence-electron chi connectivity index (χ1n) is 9.69. The molecule has 1 spiro atoms. The molecule has 0 aromatic carbocycles. The highest BCUT2D eigenvalue weighted by atomic mass is 16.7. The normalized spacial score (nSPS) is 21.1. The fourth-order valence-corrected chi connectivity index (χ4v) is 4.11. The summed E-state index contributed by atoms with van der Waals surface area (Å²) in [5, 5.41) is 2.77. The van der Waals surface area contributed by atoms with Crippen LogP contribution >= 0.6 is 0 Å².